The van der Waals surface area contributed by atoms with Crippen LogP contribution in [-0.2, 0) is 13.0 Å². The van der Waals surface area contributed by atoms with Gasteiger partial charge in [-0.1, -0.05) is 16.8 Å². The number of hydrogen-bond acceptors (Lipinski definition) is 5. The van der Waals surface area contributed by atoms with Crippen molar-refractivity contribution in [1.29, 1.82) is 0 Å². The second-order valence-corrected chi connectivity index (χ2v) is 6.61. The van der Waals surface area contributed by atoms with E-state index in [0.29, 0.717) is 17.6 Å². The molecule has 3 rings (SSSR count). The SMILES string of the molecule is CN(CCc1noc(COc2ccc(F)cc2F)n1)C(=O)Nc1ccc(F)c(Cl)c1. The average Bonchev–Trinajstić information content (AvgIpc) is 3.16. The van der Waals surface area contributed by atoms with Gasteiger partial charge < -0.3 is 19.5 Å². The van der Waals surface area contributed by atoms with Gasteiger partial charge in [0.1, 0.15) is 11.6 Å². The van der Waals surface area contributed by atoms with Crippen molar-refractivity contribution >= 4 is 23.3 Å². The van der Waals surface area contributed by atoms with E-state index in [9.17, 15) is 18.0 Å². The zero-order chi connectivity index (χ0) is 21.7. The van der Waals surface area contributed by atoms with E-state index in [1.54, 1.807) is 7.05 Å². The lowest BCUT2D eigenvalue weighted by Crippen LogP contribution is -2.33. The van der Waals surface area contributed by atoms with Gasteiger partial charge in [-0.05, 0) is 30.3 Å². The molecule has 1 heterocycles. The first-order chi connectivity index (χ1) is 14.3. The Kier molecular flexibility index (Phi) is 6.78. The molecule has 0 spiro atoms. The number of amides is 2. The molecule has 1 N–H and O–H groups in total. The summed E-state index contributed by atoms with van der Waals surface area (Å²) in [4.78, 5) is 17.6. The van der Waals surface area contributed by atoms with Crippen molar-refractivity contribution < 1.29 is 27.2 Å². The molecule has 0 aliphatic heterocycles. The molecule has 0 unspecified atom stereocenters. The van der Waals surface area contributed by atoms with Gasteiger partial charge in [0.2, 0.25) is 0 Å². The quantitative estimate of drug-likeness (QED) is 0.588. The maximum absolute atomic E-state index is 13.5. The number of carbonyl (C=O) groups is 1. The minimum atomic E-state index is -0.843. The third-order valence-corrected chi connectivity index (χ3v) is 4.23. The summed E-state index contributed by atoms with van der Waals surface area (Å²) in [5.41, 5.74) is 0.352. The number of nitrogens with one attached hydrogen (secondary N) is 1. The van der Waals surface area contributed by atoms with Crippen molar-refractivity contribution in [2.45, 2.75) is 13.0 Å². The maximum Gasteiger partial charge on any atom is 0.321 e. The number of aromatic nitrogens is 2. The lowest BCUT2D eigenvalue weighted by Gasteiger charge is -2.17. The van der Waals surface area contributed by atoms with E-state index in [2.05, 4.69) is 15.5 Å². The molecule has 7 nitrogen and oxygen atoms in total. The van der Waals surface area contributed by atoms with Crippen molar-refractivity contribution in [3.05, 3.63) is 70.6 Å². The molecule has 0 fully saturated rings. The van der Waals surface area contributed by atoms with Gasteiger partial charge in [0.15, 0.2) is 24.0 Å². The first-order valence-electron chi connectivity index (χ1n) is 8.68. The predicted octanol–water partition coefficient (Wildman–Crippen LogP) is 4.43. The number of hydrogen-bond donors (Lipinski definition) is 1. The fourth-order valence-electron chi connectivity index (χ4n) is 2.34. The van der Waals surface area contributed by atoms with Crippen LogP contribution in [0, 0.1) is 17.5 Å². The molecule has 3 aromatic rings. The monoisotopic (exact) mass is 440 g/mol. The number of halogens is 4. The molecule has 2 aromatic carbocycles. The highest BCUT2D eigenvalue weighted by molar-refractivity contribution is 6.31. The topological polar surface area (TPSA) is 80.5 Å². The third kappa shape index (κ3) is 5.63. The fraction of sp³-hybridized carbons (Fsp3) is 0.211. The summed E-state index contributed by atoms with van der Waals surface area (Å²) >= 11 is 5.69. The molecule has 0 radical (unpaired) electrons. The van der Waals surface area contributed by atoms with Crippen molar-refractivity contribution in [1.82, 2.24) is 15.0 Å². The van der Waals surface area contributed by atoms with Crippen molar-refractivity contribution in [2.75, 3.05) is 18.9 Å². The highest BCUT2D eigenvalue weighted by Crippen LogP contribution is 2.20. The molecule has 0 bridgehead atoms. The Balaban J connectivity index is 1.48. The van der Waals surface area contributed by atoms with Gasteiger partial charge in [-0.15, -0.1) is 0 Å². The van der Waals surface area contributed by atoms with Gasteiger partial charge in [0, 0.05) is 31.8 Å². The van der Waals surface area contributed by atoms with E-state index in [0.717, 1.165) is 18.2 Å². The third-order valence-electron chi connectivity index (χ3n) is 3.94. The van der Waals surface area contributed by atoms with Crippen LogP contribution in [0.1, 0.15) is 11.7 Å². The number of urea groups is 1. The van der Waals surface area contributed by atoms with Crippen LogP contribution < -0.4 is 10.1 Å². The summed E-state index contributed by atoms with van der Waals surface area (Å²) in [6.07, 6.45) is 0.280. The Morgan fingerprint density at radius 1 is 1.20 bits per heavy atom. The van der Waals surface area contributed by atoms with Crippen molar-refractivity contribution in [3.63, 3.8) is 0 Å². The van der Waals surface area contributed by atoms with E-state index < -0.39 is 23.5 Å². The molecule has 158 valence electrons. The second-order valence-electron chi connectivity index (χ2n) is 6.20. The normalized spacial score (nSPS) is 10.7. The largest absolute Gasteiger partial charge is 0.481 e. The number of ether oxygens (including phenoxy) is 1. The Bertz CT molecular complexity index is 1050. The minimum Gasteiger partial charge on any atom is -0.481 e. The molecule has 0 aliphatic carbocycles. The predicted molar refractivity (Wildman–Crippen MR) is 102 cm³/mol. The minimum absolute atomic E-state index is 0.0989. The van der Waals surface area contributed by atoms with Crippen LogP contribution in [0.4, 0.5) is 23.7 Å². The summed E-state index contributed by atoms with van der Waals surface area (Å²) in [6, 6.07) is 6.34. The number of anilines is 1. The Labute approximate surface area is 174 Å². The molecular formula is C19H16ClF3N4O3. The molecule has 1 aromatic heterocycles. The standard InChI is InChI=1S/C19H16ClF3N4O3/c1-27(19(28)24-12-3-4-14(22)13(20)9-12)7-6-17-25-18(30-26-17)10-29-16-5-2-11(21)8-15(16)23/h2-5,8-9H,6-7,10H2,1H3,(H,24,28). The van der Waals surface area contributed by atoms with Crippen LogP contribution in [0.25, 0.3) is 0 Å². The van der Waals surface area contributed by atoms with E-state index in [1.807, 2.05) is 0 Å². The number of rotatable bonds is 7. The Hall–Kier alpha value is -3.27. The zero-order valence-electron chi connectivity index (χ0n) is 15.7. The van der Waals surface area contributed by atoms with Gasteiger partial charge in [-0.2, -0.15) is 4.98 Å². The zero-order valence-corrected chi connectivity index (χ0v) is 16.4. The van der Waals surface area contributed by atoms with Gasteiger partial charge >= 0.3 is 6.03 Å². The highest BCUT2D eigenvalue weighted by Gasteiger charge is 2.14. The first kappa shape index (κ1) is 21.4. The Morgan fingerprint density at radius 2 is 2.00 bits per heavy atom. The van der Waals surface area contributed by atoms with Crippen molar-refractivity contribution in [3.8, 4) is 5.75 Å². The highest BCUT2D eigenvalue weighted by atomic mass is 35.5. The summed E-state index contributed by atoms with van der Waals surface area (Å²) in [5, 5.41) is 6.25. The molecule has 0 atom stereocenters. The van der Waals surface area contributed by atoms with E-state index in [-0.39, 0.29) is 36.2 Å². The van der Waals surface area contributed by atoms with Crippen LogP contribution in [0.5, 0.6) is 5.75 Å². The fourth-order valence-corrected chi connectivity index (χ4v) is 2.52. The molecule has 11 heteroatoms. The van der Waals surface area contributed by atoms with Gasteiger partial charge in [-0.25, -0.2) is 18.0 Å². The van der Waals surface area contributed by atoms with Gasteiger partial charge in [0.05, 0.1) is 5.02 Å². The van der Waals surface area contributed by atoms with Crippen LogP contribution in [0.3, 0.4) is 0 Å². The summed E-state index contributed by atoms with van der Waals surface area (Å²) in [6.45, 7) is 0.0599. The first-order valence-corrected chi connectivity index (χ1v) is 9.06. The number of nitrogens with zero attached hydrogens (tertiary/aromatic N) is 3. The summed E-state index contributed by atoms with van der Waals surface area (Å²) < 4.78 is 49.8. The molecule has 2 amide bonds. The number of likely N-dealkylation sites (N-methyl/N-ethyl adjacent to an activating group) is 1. The van der Waals surface area contributed by atoms with Crippen LogP contribution >= 0.6 is 11.6 Å². The average molecular weight is 441 g/mol. The molecule has 30 heavy (non-hydrogen) atoms. The molecular weight excluding hydrogens is 425 g/mol. The van der Waals surface area contributed by atoms with Crippen LogP contribution in [0.2, 0.25) is 5.02 Å². The number of carbonyl (C=O) groups excluding carboxylic acids is 1. The lowest BCUT2D eigenvalue weighted by molar-refractivity contribution is 0.222. The van der Waals surface area contributed by atoms with E-state index in [4.69, 9.17) is 20.9 Å². The smallest absolute Gasteiger partial charge is 0.321 e. The van der Waals surface area contributed by atoms with Gasteiger partial charge in [-0.3, -0.25) is 0 Å². The van der Waals surface area contributed by atoms with Gasteiger partial charge in [0.25, 0.3) is 5.89 Å². The molecule has 0 aliphatic rings. The van der Waals surface area contributed by atoms with E-state index in [1.165, 1.54) is 17.0 Å². The summed E-state index contributed by atoms with van der Waals surface area (Å²) in [7, 11) is 1.56. The Morgan fingerprint density at radius 3 is 2.73 bits per heavy atom. The molecule has 0 saturated carbocycles. The summed E-state index contributed by atoms with van der Waals surface area (Å²) in [5.74, 6) is -1.87. The van der Waals surface area contributed by atoms with Crippen LogP contribution in [-0.4, -0.2) is 34.7 Å². The number of benzene rings is 2. The van der Waals surface area contributed by atoms with E-state index >= 15 is 0 Å². The van der Waals surface area contributed by atoms with Crippen LogP contribution in [0.15, 0.2) is 40.9 Å². The maximum atomic E-state index is 13.5. The molecule has 0 saturated heterocycles. The second kappa shape index (κ2) is 9.49. The lowest BCUT2D eigenvalue weighted by atomic mass is 10.3. The van der Waals surface area contributed by atoms with Crippen molar-refractivity contribution in [2.24, 2.45) is 0 Å².